The highest BCUT2D eigenvalue weighted by Crippen LogP contribution is 2.16. The molecule has 0 heterocycles. The van der Waals surface area contributed by atoms with Crippen molar-refractivity contribution in [3.05, 3.63) is 48.0 Å². The van der Waals surface area contributed by atoms with E-state index in [1.165, 1.54) is 0 Å². The second-order valence-electron chi connectivity index (χ2n) is 3.63. The number of thioether (sulfide) groups is 1. The maximum atomic E-state index is 11.9. The summed E-state index contributed by atoms with van der Waals surface area (Å²) >= 11 is 1.82. The maximum absolute atomic E-state index is 11.9. The average molecular weight is 249 g/mol. The second kappa shape index (κ2) is 7.96. The highest BCUT2D eigenvalue weighted by Gasteiger charge is 2.09. The van der Waals surface area contributed by atoms with Gasteiger partial charge in [-0.25, -0.2) is 0 Å². The third-order valence-corrected chi connectivity index (χ3v) is 3.28. The van der Waals surface area contributed by atoms with E-state index in [2.05, 4.69) is 18.8 Å². The lowest BCUT2D eigenvalue weighted by atomic mass is 10.1. The van der Waals surface area contributed by atoms with E-state index >= 15 is 0 Å². The minimum atomic E-state index is 0.0131. The van der Waals surface area contributed by atoms with Crippen LogP contribution in [0, 0.1) is 0 Å². The monoisotopic (exact) mass is 249 g/mol. The molecular weight excluding hydrogens is 230 g/mol. The van der Waals surface area contributed by atoms with Crippen molar-refractivity contribution in [2.45, 2.75) is 19.1 Å². The minimum Gasteiger partial charge on any atom is -0.352 e. The van der Waals surface area contributed by atoms with Gasteiger partial charge in [0, 0.05) is 17.9 Å². The standard InChI is InChI=1S/C14H19NOS/c1-3-5-10-15-14(16)13-9-7-6-8-12(13)11-17-4-2/h3,6-9H,1,4-5,10-11H2,2H3,(H,15,16). The molecule has 0 radical (unpaired) electrons. The van der Waals surface area contributed by atoms with E-state index in [1.807, 2.05) is 36.0 Å². The molecule has 0 fully saturated rings. The minimum absolute atomic E-state index is 0.0131. The summed E-state index contributed by atoms with van der Waals surface area (Å²) in [5, 5.41) is 2.90. The molecule has 0 saturated heterocycles. The fraction of sp³-hybridized carbons (Fsp3) is 0.357. The summed E-state index contributed by atoms with van der Waals surface area (Å²) in [7, 11) is 0. The molecule has 1 N–H and O–H groups in total. The van der Waals surface area contributed by atoms with Crippen LogP contribution >= 0.6 is 11.8 Å². The number of hydrogen-bond acceptors (Lipinski definition) is 2. The van der Waals surface area contributed by atoms with Crippen LogP contribution in [-0.4, -0.2) is 18.2 Å². The Morgan fingerprint density at radius 1 is 1.47 bits per heavy atom. The first-order valence-electron chi connectivity index (χ1n) is 5.84. The summed E-state index contributed by atoms with van der Waals surface area (Å²) in [6, 6.07) is 7.79. The van der Waals surface area contributed by atoms with E-state index in [-0.39, 0.29) is 5.91 Å². The summed E-state index contributed by atoms with van der Waals surface area (Å²) in [6.07, 6.45) is 2.61. The lowest BCUT2D eigenvalue weighted by molar-refractivity contribution is 0.0953. The number of hydrogen-bond donors (Lipinski definition) is 1. The average Bonchev–Trinajstić information content (AvgIpc) is 2.37. The Hall–Kier alpha value is -1.22. The zero-order chi connectivity index (χ0) is 12.5. The Morgan fingerprint density at radius 2 is 2.24 bits per heavy atom. The third kappa shape index (κ3) is 4.65. The van der Waals surface area contributed by atoms with Crippen LogP contribution in [0.1, 0.15) is 29.3 Å². The fourth-order valence-corrected chi connectivity index (χ4v) is 2.14. The highest BCUT2D eigenvalue weighted by atomic mass is 32.2. The largest absolute Gasteiger partial charge is 0.352 e. The van der Waals surface area contributed by atoms with Gasteiger partial charge in [-0.05, 0) is 23.8 Å². The Labute approximate surface area is 107 Å². The molecule has 1 amide bonds. The van der Waals surface area contributed by atoms with Crippen LogP contribution in [0.25, 0.3) is 0 Å². The smallest absolute Gasteiger partial charge is 0.251 e. The number of carbonyl (C=O) groups is 1. The van der Waals surface area contributed by atoms with Crippen LogP contribution in [0.4, 0.5) is 0 Å². The first kappa shape index (κ1) is 13.8. The normalized spacial score (nSPS) is 9.94. The molecule has 3 heteroatoms. The third-order valence-electron chi connectivity index (χ3n) is 2.36. The van der Waals surface area contributed by atoms with E-state index in [4.69, 9.17) is 0 Å². The highest BCUT2D eigenvalue weighted by molar-refractivity contribution is 7.98. The number of benzene rings is 1. The van der Waals surface area contributed by atoms with E-state index in [9.17, 15) is 4.79 Å². The molecule has 0 atom stereocenters. The Balaban J connectivity index is 2.67. The summed E-state index contributed by atoms with van der Waals surface area (Å²) in [5.41, 5.74) is 1.90. The van der Waals surface area contributed by atoms with E-state index in [0.29, 0.717) is 6.54 Å². The van der Waals surface area contributed by atoms with Crippen LogP contribution in [0.3, 0.4) is 0 Å². The number of amides is 1. The SMILES string of the molecule is C=CCCNC(=O)c1ccccc1CSCC. The van der Waals surface area contributed by atoms with Gasteiger partial charge in [-0.3, -0.25) is 4.79 Å². The first-order valence-corrected chi connectivity index (χ1v) is 6.99. The van der Waals surface area contributed by atoms with Gasteiger partial charge >= 0.3 is 0 Å². The molecule has 0 aliphatic heterocycles. The van der Waals surface area contributed by atoms with Crippen LogP contribution in [-0.2, 0) is 5.75 Å². The molecule has 92 valence electrons. The molecule has 2 nitrogen and oxygen atoms in total. The molecule has 1 rings (SSSR count). The summed E-state index contributed by atoms with van der Waals surface area (Å²) in [5.74, 6) is 1.97. The number of nitrogens with one attached hydrogen (secondary N) is 1. The van der Waals surface area contributed by atoms with Gasteiger partial charge in [0.25, 0.3) is 5.91 Å². The molecule has 0 saturated carbocycles. The first-order chi connectivity index (χ1) is 8.29. The topological polar surface area (TPSA) is 29.1 Å². The molecule has 0 aliphatic rings. The predicted octanol–water partition coefficient (Wildman–Crippen LogP) is 3.25. The van der Waals surface area contributed by atoms with Gasteiger partial charge in [0.2, 0.25) is 0 Å². The van der Waals surface area contributed by atoms with Crippen molar-refractivity contribution < 1.29 is 4.79 Å². The van der Waals surface area contributed by atoms with Crippen molar-refractivity contribution in [1.82, 2.24) is 5.32 Å². The van der Waals surface area contributed by atoms with Crippen molar-refractivity contribution in [3.63, 3.8) is 0 Å². The molecule has 1 aromatic rings. The molecule has 0 aromatic heterocycles. The van der Waals surface area contributed by atoms with Gasteiger partial charge < -0.3 is 5.32 Å². The van der Waals surface area contributed by atoms with Crippen molar-refractivity contribution in [1.29, 1.82) is 0 Å². The van der Waals surface area contributed by atoms with Crippen LogP contribution in [0.15, 0.2) is 36.9 Å². The molecule has 1 aromatic carbocycles. The van der Waals surface area contributed by atoms with Crippen LogP contribution < -0.4 is 5.32 Å². The Kier molecular flexibility index (Phi) is 6.48. The van der Waals surface area contributed by atoms with Gasteiger partial charge in [-0.1, -0.05) is 31.2 Å². The predicted molar refractivity (Wildman–Crippen MR) is 75.4 cm³/mol. The number of carbonyl (C=O) groups excluding carboxylic acids is 1. The van der Waals surface area contributed by atoms with Crippen molar-refractivity contribution >= 4 is 17.7 Å². The van der Waals surface area contributed by atoms with Gasteiger partial charge in [0.15, 0.2) is 0 Å². The molecule has 0 unspecified atom stereocenters. The summed E-state index contributed by atoms with van der Waals surface area (Å²) in [6.45, 7) is 6.41. The zero-order valence-corrected chi connectivity index (χ0v) is 11.1. The van der Waals surface area contributed by atoms with Gasteiger partial charge in [-0.15, -0.1) is 6.58 Å². The van der Waals surface area contributed by atoms with E-state index < -0.39 is 0 Å². The molecule has 17 heavy (non-hydrogen) atoms. The van der Waals surface area contributed by atoms with Gasteiger partial charge in [0.05, 0.1) is 0 Å². The van der Waals surface area contributed by atoms with Crippen molar-refractivity contribution in [3.8, 4) is 0 Å². The quantitative estimate of drug-likeness (QED) is 0.593. The van der Waals surface area contributed by atoms with Crippen molar-refractivity contribution in [2.75, 3.05) is 12.3 Å². The van der Waals surface area contributed by atoms with Crippen molar-refractivity contribution in [2.24, 2.45) is 0 Å². The maximum Gasteiger partial charge on any atom is 0.251 e. The lowest BCUT2D eigenvalue weighted by Gasteiger charge is -2.09. The van der Waals surface area contributed by atoms with Crippen LogP contribution in [0.5, 0.6) is 0 Å². The molecule has 0 aliphatic carbocycles. The Morgan fingerprint density at radius 3 is 2.94 bits per heavy atom. The van der Waals surface area contributed by atoms with Gasteiger partial charge in [0.1, 0.15) is 0 Å². The van der Waals surface area contributed by atoms with E-state index in [1.54, 1.807) is 6.08 Å². The second-order valence-corrected chi connectivity index (χ2v) is 4.90. The summed E-state index contributed by atoms with van der Waals surface area (Å²) < 4.78 is 0. The Bertz CT molecular complexity index is 376. The molecular formula is C14H19NOS. The fourth-order valence-electron chi connectivity index (χ4n) is 1.46. The number of rotatable bonds is 7. The lowest BCUT2D eigenvalue weighted by Crippen LogP contribution is -2.25. The van der Waals surface area contributed by atoms with E-state index in [0.717, 1.165) is 29.1 Å². The molecule has 0 bridgehead atoms. The zero-order valence-electron chi connectivity index (χ0n) is 10.2. The molecule has 0 spiro atoms. The van der Waals surface area contributed by atoms with Gasteiger partial charge in [-0.2, -0.15) is 11.8 Å². The summed E-state index contributed by atoms with van der Waals surface area (Å²) in [4.78, 5) is 11.9. The van der Waals surface area contributed by atoms with Crippen LogP contribution in [0.2, 0.25) is 0 Å².